The summed E-state index contributed by atoms with van der Waals surface area (Å²) in [6, 6.07) is -3.07. The standard InChI is InChI=1S/C23H39N5O5/c1-7-9-11-15(17(29)20(31)25-13-8-2)26-19(30)16-12-10-14-28(16)21(32)18(23(3,4)5)27-22(33)24-6/h8,15-16,18H,2,7,9-14H2,1,3-6H3,(H,25,31)(H,26,30)(H2,24,27,33). The van der Waals surface area contributed by atoms with Crippen molar-refractivity contribution in [3.05, 3.63) is 12.7 Å². The van der Waals surface area contributed by atoms with Crippen LogP contribution in [0.2, 0.25) is 0 Å². The first-order valence-electron chi connectivity index (χ1n) is 11.5. The molecule has 1 rings (SSSR count). The normalized spacial score (nSPS) is 17.5. The summed E-state index contributed by atoms with van der Waals surface area (Å²) in [5, 5.41) is 10.3. The van der Waals surface area contributed by atoms with E-state index in [1.807, 2.05) is 27.7 Å². The Hall–Kier alpha value is -2.91. The molecule has 5 amide bonds. The average molecular weight is 466 g/mol. The van der Waals surface area contributed by atoms with Gasteiger partial charge in [0.25, 0.3) is 5.91 Å². The van der Waals surface area contributed by atoms with E-state index < -0.39 is 47.2 Å². The summed E-state index contributed by atoms with van der Waals surface area (Å²) in [7, 11) is 1.46. The van der Waals surface area contributed by atoms with Crippen LogP contribution in [0.5, 0.6) is 0 Å². The van der Waals surface area contributed by atoms with Crippen LogP contribution >= 0.6 is 0 Å². The summed E-state index contributed by atoms with van der Waals surface area (Å²) in [5.41, 5.74) is -0.587. The molecule has 0 aromatic heterocycles. The fourth-order valence-electron chi connectivity index (χ4n) is 3.68. The van der Waals surface area contributed by atoms with Crippen LogP contribution in [-0.4, -0.2) is 72.7 Å². The van der Waals surface area contributed by atoms with Crippen molar-refractivity contribution in [2.75, 3.05) is 20.1 Å². The number of urea groups is 1. The molecule has 10 nitrogen and oxygen atoms in total. The van der Waals surface area contributed by atoms with Gasteiger partial charge < -0.3 is 26.2 Å². The number of hydrogen-bond acceptors (Lipinski definition) is 5. The lowest BCUT2D eigenvalue weighted by Crippen LogP contribution is -2.59. The number of nitrogens with one attached hydrogen (secondary N) is 4. The zero-order valence-electron chi connectivity index (χ0n) is 20.5. The molecule has 1 fully saturated rings. The summed E-state index contributed by atoms with van der Waals surface area (Å²) in [5.74, 6) is -2.33. The van der Waals surface area contributed by atoms with Gasteiger partial charge in [0.2, 0.25) is 17.6 Å². The third-order valence-electron chi connectivity index (χ3n) is 5.56. The molecule has 4 N–H and O–H groups in total. The molecule has 0 spiro atoms. The van der Waals surface area contributed by atoms with Gasteiger partial charge in [0, 0.05) is 20.1 Å². The van der Waals surface area contributed by atoms with E-state index in [0.717, 1.165) is 6.42 Å². The highest BCUT2D eigenvalue weighted by atomic mass is 16.2. The predicted octanol–water partition coefficient (Wildman–Crippen LogP) is 0.867. The van der Waals surface area contributed by atoms with Crippen molar-refractivity contribution in [2.45, 2.75) is 77.9 Å². The summed E-state index contributed by atoms with van der Waals surface area (Å²) in [6.45, 7) is 11.5. The smallest absolute Gasteiger partial charge is 0.315 e. The third-order valence-corrected chi connectivity index (χ3v) is 5.56. The van der Waals surface area contributed by atoms with E-state index in [1.165, 1.54) is 18.0 Å². The van der Waals surface area contributed by atoms with Gasteiger partial charge in [-0.3, -0.25) is 19.2 Å². The predicted molar refractivity (Wildman–Crippen MR) is 125 cm³/mol. The highest BCUT2D eigenvalue weighted by molar-refractivity contribution is 6.38. The van der Waals surface area contributed by atoms with Crippen LogP contribution in [0.4, 0.5) is 4.79 Å². The van der Waals surface area contributed by atoms with Gasteiger partial charge in [-0.1, -0.05) is 46.6 Å². The molecule has 3 atom stereocenters. The number of carbonyl (C=O) groups excluding carboxylic acids is 5. The topological polar surface area (TPSA) is 137 Å². The third kappa shape index (κ3) is 8.18. The Balaban J connectivity index is 3.01. The molecule has 0 radical (unpaired) electrons. The maximum absolute atomic E-state index is 13.3. The maximum atomic E-state index is 13.3. The highest BCUT2D eigenvalue weighted by Gasteiger charge is 2.42. The number of rotatable bonds is 11. The van der Waals surface area contributed by atoms with Crippen LogP contribution in [0.3, 0.4) is 0 Å². The first-order valence-corrected chi connectivity index (χ1v) is 11.5. The number of unbranched alkanes of at least 4 members (excludes halogenated alkanes) is 1. The van der Waals surface area contributed by atoms with E-state index in [1.54, 1.807) is 0 Å². The van der Waals surface area contributed by atoms with E-state index in [9.17, 15) is 24.0 Å². The lowest BCUT2D eigenvalue weighted by atomic mass is 9.85. The largest absolute Gasteiger partial charge is 0.346 e. The molecular weight excluding hydrogens is 426 g/mol. The summed E-state index contributed by atoms with van der Waals surface area (Å²) in [6.07, 6.45) is 4.29. The number of Topliss-reactive ketones (excluding diaryl/α,β-unsaturated/α-hetero) is 1. The monoisotopic (exact) mass is 465 g/mol. The van der Waals surface area contributed by atoms with Crippen molar-refractivity contribution >= 4 is 29.5 Å². The fraction of sp³-hybridized carbons (Fsp3) is 0.696. The molecule has 1 aliphatic heterocycles. The lowest BCUT2D eigenvalue weighted by Gasteiger charge is -2.35. The fourth-order valence-corrected chi connectivity index (χ4v) is 3.68. The summed E-state index contributed by atoms with van der Waals surface area (Å²) >= 11 is 0. The van der Waals surface area contributed by atoms with Crippen LogP contribution < -0.4 is 21.3 Å². The molecule has 1 aliphatic rings. The molecule has 1 heterocycles. The second kappa shape index (κ2) is 13.0. The van der Waals surface area contributed by atoms with E-state index >= 15 is 0 Å². The molecule has 186 valence electrons. The Morgan fingerprint density at radius 2 is 1.82 bits per heavy atom. The Bertz CT molecular complexity index is 746. The lowest BCUT2D eigenvalue weighted by molar-refractivity contribution is -0.143. The van der Waals surface area contributed by atoms with Crippen molar-refractivity contribution in [1.82, 2.24) is 26.2 Å². The molecule has 1 saturated heterocycles. The number of hydrogen-bond donors (Lipinski definition) is 4. The van der Waals surface area contributed by atoms with E-state index in [2.05, 4.69) is 27.8 Å². The molecule has 0 bridgehead atoms. The molecular formula is C23H39N5O5. The van der Waals surface area contributed by atoms with Gasteiger partial charge in [0.05, 0.1) is 6.04 Å². The summed E-state index contributed by atoms with van der Waals surface area (Å²) in [4.78, 5) is 64.6. The molecule has 10 heteroatoms. The maximum Gasteiger partial charge on any atom is 0.315 e. The van der Waals surface area contributed by atoms with Crippen LogP contribution in [0.15, 0.2) is 12.7 Å². The molecule has 0 aromatic rings. The molecule has 0 aromatic carbocycles. The second-order valence-corrected chi connectivity index (χ2v) is 9.28. The first-order chi connectivity index (χ1) is 15.5. The number of amides is 5. The van der Waals surface area contributed by atoms with Crippen LogP contribution in [0.1, 0.15) is 59.8 Å². The minimum Gasteiger partial charge on any atom is -0.346 e. The number of nitrogens with zero attached hydrogens (tertiary/aromatic N) is 1. The van der Waals surface area contributed by atoms with Gasteiger partial charge in [-0.05, 0) is 24.7 Å². The van der Waals surface area contributed by atoms with Crippen molar-refractivity contribution < 1.29 is 24.0 Å². The molecule has 33 heavy (non-hydrogen) atoms. The van der Waals surface area contributed by atoms with E-state index in [4.69, 9.17) is 0 Å². The van der Waals surface area contributed by atoms with E-state index in [0.29, 0.717) is 32.2 Å². The van der Waals surface area contributed by atoms with Crippen LogP contribution in [0, 0.1) is 5.41 Å². The molecule has 0 aliphatic carbocycles. The molecule has 0 saturated carbocycles. The van der Waals surface area contributed by atoms with Crippen LogP contribution in [-0.2, 0) is 19.2 Å². The Morgan fingerprint density at radius 3 is 2.36 bits per heavy atom. The SMILES string of the molecule is C=CCNC(=O)C(=O)C(CCCC)NC(=O)C1CCCN1C(=O)C(NC(=O)NC)C(C)(C)C. The zero-order chi connectivity index (χ0) is 25.2. The summed E-state index contributed by atoms with van der Waals surface area (Å²) < 4.78 is 0. The van der Waals surface area contributed by atoms with Crippen molar-refractivity contribution in [3.63, 3.8) is 0 Å². The van der Waals surface area contributed by atoms with Crippen LogP contribution in [0.25, 0.3) is 0 Å². The Labute approximate surface area is 196 Å². The second-order valence-electron chi connectivity index (χ2n) is 9.28. The average Bonchev–Trinajstić information content (AvgIpc) is 3.26. The minimum atomic E-state index is -0.970. The van der Waals surface area contributed by atoms with Gasteiger partial charge in [0.15, 0.2) is 0 Å². The van der Waals surface area contributed by atoms with Crippen molar-refractivity contribution in [2.24, 2.45) is 5.41 Å². The number of ketones is 1. The zero-order valence-corrected chi connectivity index (χ0v) is 20.5. The van der Waals surface area contributed by atoms with Crippen molar-refractivity contribution in [1.29, 1.82) is 0 Å². The van der Waals surface area contributed by atoms with Crippen molar-refractivity contribution in [3.8, 4) is 0 Å². The van der Waals surface area contributed by atoms with E-state index in [-0.39, 0.29) is 12.5 Å². The first kappa shape index (κ1) is 28.1. The quantitative estimate of drug-likeness (QED) is 0.265. The minimum absolute atomic E-state index is 0.149. The number of carbonyl (C=O) groups is 5. The van der Waals surface area contributed by atoms with Gasteiger partial charge in [0.1, 0.15) is 12.1 Å². The van der Waals surface area contributed by atoms with Gasteiger partial charge in [-0.25, -0.2) is 4.79 Å². The van der Waals surface area contributed by atoms with Gasteiger partial charge in [-0.15, -0.1) is 6.58 Å². The molecule has 3 unspecified atom stereocenters. The number of likely N-dealkylation sites (tertiary alicyclic amines) is 1. The van der Waals surface area contributed by atoms with Gasteiger partial charge in [-0.2, -0.15) is 0 Å². The highest BCUT2D eigenvalue weighted by Crippen LogP contribution is 2.26. The Kier molecular flexibility index (Phi) is 11.0. The Morgan fingerprint density at radius 1 is 1.15 bits per heavy atom. The van der Waals surface area contributed by atoms with Gasteiger partial charge >= 0.3 is 6.03 Å².